The number of aromatic nitrogens is 4. The minimum Gasteiger partial charge on any atom is -0.502 e. The fraction of sp³-hybridized carbons (Fsp3) is 0.118. The number of carbonyl (C=O) groups is 2. The van der Waals surface area contributed by atoms with Gasteiger partial charge in [-0.25, -0.2) is 19.7 Å². The number of imidazole rings is 1. The van der Waals surface area contributed by atoms with E-state index in [0.717, 1.165) is 18.7 Å². The van der Waals surface area contributed by atoms with E-state index in [9.17, 15) is 14.7 Å². The maximum Gasteiger partial charge on any atom is 0.373 e. The lowest BCUT2D eigenvalue weighted by Gasteiger charge is -2.07. The first-order valence-corrected chi connectivity index (χ1v) is 7.33. The minimum absolute atomic E-state index is 0.0369. The van der Waals surface area contributed by atoms with E-state index in [4.69, 9.17) is 0 Å². The average molecular weight is 338 g/mol. The molecule has 0 fully saturated rings. The number of nitrogens with zero attached hydrogens (tertiary/aromatic N) is 4. The van der Waals surface area contributed by atoms with Gasteiger partial charge in [-0.3, -0.25) is 4.79 Å². The van der Waals surface area contributed by atoms with Gasteiger partial charge in [-0.05, 0) is 5.56 Å². The number of ketones is 1. The van der Waals surface area contributed by atoms with Gasteiger partial charge in [0.1, 0.15) is 11.8 Å². The number of carbonyl (C=O) groups excluding carboxylic acids is 2. The van der Waals surface area contributed by atoms with Crippen LogP contribution in [-0.2, 0) is 16.1 Å². The molecule has 0 aliphatic rings. The van der Waals surface area contributed by atoms with Crippen molar-refractivity contribution in [3.8, 4) is 0 Å². The number of fused-ring (bicyclic) bond motifs is 1. The van der Waals surface area contributed by atoms with Crippen molar-refractivity contribution in [2.24, 2.45) is 0 Å². The highest BCUT2D eigenvalue weighted by molar-refractivity contribution is 6.07. The van der Waals surface area contributed by atoms with E-state index >= 15 is 0 Å². The molecule has 0 bridgehead atoms. The Morgan fingerprint density at radius 3 is 2.76 bits per heavy atom. The van der Waals surface area contributed by atoms with Gasteiger partial charge in [-0.1, -0.05) is 30.3 Å². The lowest BCUT2D eigenvalue weighted by molar-refractivity contribution is -0.139. The first-order valence-electron chi connectivity index (χ1n) is 7.33. The number of aliphatic hydroxyl groups excluding tert-OH is 1. The third-order valence-corrected chi connectivity index (χ3v) is 3.48. The lowest BCUT2D eigenvalue weighted by atomic mass is 10.2. The summed E-state index contributed by atoms with van der Waals surface area (Å²) in [7, 11) is 1.11. The number of benzene rings is 1. The first-order chi connectivity index (χ1) is 12.1. The summed E-state index contributed by atoms with van der Waals surface area (Å²) in [6.07, 6.45) is 3.63. The fourth-order valence-corrected chi connectivity index (χ4v) is 2.33. The summed E-state index contributed by atoms with van der Waals surface area (Å²) in [5, 5.41) is 9.61. The van der Waals surface area contributed by atoms with Crippen molar-refractivity contribution in [2.75, 3.05) is 7.11 Å². The van der Waals surface area contributed by atoms with Crippen LogP contribution >= 0.6 is 0 Å². The van der Waals surface area contributed by atoms with Crippen LogP contribution in [0.5, 0.6) is 0 Å². The summed E-state index contributed by atoms with van der Waals surface area (Å²) >= 11 is 0. The molecule has 2 aromatic heterocycles. The number of esters is 1. The Morgan fingerprint density at radius 2 is 2.04 bits per heavy atom. The highest BCUT2D eigenvalue weighted by atomic mass is 16.5. The molecule has 126 valence electrons. The van der Waals surface area contributed by atoms with Gasteiger partial charge in [0.25, 0.3) is 0 Å². The van der Waals surface area contributed by atoms with Crippen LogP contribution in [0.25, 0.3) is 11.2 Å². The van der Waals surface area contributed by atoms with Gasteiger partial charge in [-0.15, -0.1) is 0 Å². The van der Waals surface area contributed by atoms with Gasteiger partial charge >= 0.3 is 5.97 Å². The van der Waals surface area contributed by atoms with Crippen LogP contribution in [0.15, 0.2) is 54.7 Å². The van der Waals surface area contributed by atoms with Crippen LogP contribution in [0.4, 0.5) is 0 Å². The molecular weight excluding hydrogens is 324 g/mol. The Balaban J connectivity index is 2.07. The highest BCUT2D eigenvalue weighted by Crippen LogP contribution is 2.16. The van der Waals surface area contributed by atoms with Crippen LogP contribution in [0, 0.1) is 0 Å². The zero-order chi connectivity index (χ0) is 17.8. The molecule has 2 heterocycles. The van der Waals surface area contributed by atoms with Crippen molar-refractivity contribution in [1.82, 2.24) is 19.5 Å². The number of allylic oxidation sites excluding steroid dienone is 1. The maximum absolute atomic E-state index is 12.5. The molecule has 8 heteroatoms. The molecule has 0 aliphatic heterocycles. The highest BCUT2D eigenvalue weighted by Gasteiger charge is 2.19. The number of aliphatic hydroxyl groups is 1. The molecule has 0 saturated heterocycles. The molecule has 0 amide bonds. The van der Waals surface area contributed by atoms with E-state index in [-0.39, 0.29) is 5.82 Å². The molecule has 25 heavy (non-hydrogen) atoms. The predicted molar refractivity (Wildman–Crippen MR) is 87.9 cm³/mol. The lowest BCUT2D eigenvalue weighted by Crippen LogP contribution is -2.13. The molecular formula is C17H14N4O4. The second-order valence-electron chi connectivity index (χ2n) is 5.12. The Bertz CT molecular complexity index is 963. The molecule has 0 spiro atoms. The maximum atomic E-state index is 12.5. The number of methoxy groups -OCH3 is 1. The summed E-state index contributed by atoms with van der Waals surface area (Å²) in [5.41, 5.74) is 1.86. The second-order valence-corrected chi connectivity index (χ2v) is 5.12. The molecule has 3 rings (SSSR count). The minimum atomic E-state index is -1.00. The van der Waals surface area contributed by atoms with E-state index in [1.165, 1.54) is 12.5 Å². The average Bonchev–Trinajstić information content (AvgIpc) is 3.00. The van der Waals surface area contributed by atoms with E-state index in [1.54, 1.807) is 4.57 Å². The van der Waals surface area contributed by atoms with Crippen molar-refractivity contribution < 1.29 is 19.4 Å². The fourth-order valence-electron chi connectivity index (χ4n) is 2.33. The number of hydrogen-bond acceptors (Lipinski definition) is 7. The standard InChI is InChI=1S/C17H14N4O4/c1-25-17(24)14(23)7-13(22)16-20-12-8-18-10-19-15(12)21(16)9-11-5-3-2-4-6-11/h2-8,10,23H,9H2,1H3/b14-7-. The van der Waals surface area contributed by atoms with Crippen molar-refractivity contribution in [3.05, 3.63) is 66.1 Å². The Labute approximate surface area is 142 Å². The third-order valence-electron chi connectivity index (χ3n) is 3.48. The molecule has 1 N–H and O–H groups in total. The van der Waals surface area contributed by atoms with Crippen molar-refractivity contribution in [3.63, 3.8) is 0 Å². The molecule has 0 saturated carbocycles. The molecule has 1 aromatic carbocycles. The predicted octanol–water partition coefficient (Wildman–Crippen LogP) is 1.67. The van der Waals surface area contributed by atoms with Gasteiger partial charge in [0.2, 0.25) is 11.5 Å². The summed E-state index contributed by atoms with van der Waals surface area (Å²) in [6.45, 7) is 0.349. The number of rotatable bonds is 5. The molecule has 0 unspecified atom stereocenters. The van der Waals surface area contributed by atoms with Gasteiger partial charge in [-0.2, -0.15) is 0 Å². The Kier molecular flexibility index (Phi) is 4.51. The van der Waals surface area contributed by atoms with E-state index in [2.05, 4.69) is 19.7 Å². The SMILES string of the molecule is COC(=O)/C(O)=C/C(=O)c1nc2cncnc2n1Cc1ccccc1. The largest absolute Gasteiger partial charge is 0.502 e. The van der Waals surface area contributed by atoms with Gasteiger partial charge < -0.3 is 14.4 Å². The molecule has 0 aliphatic carbocycles. The topological polar surface area (TPSA) is 107 Å². The zero-order valence-electron chi connectivity index (χ0n) is 13.3. The van der Waals surface area contributed by atoms with Crippen LogP contribution < -0.4 is 0 Å². The monoisotopic (exact) mass is 338 g/mol. The van der Waals surface area contributed by atoms with Crippen LogP contribution in [-0.4, -0.2) is 43.5 Å². The van der Waals surface area contributed by atoms with Gasteiger partial charge in [0.15, 0.2) is 11.5 Å². The smallest absolute Gasteiger partial charge is 0.373 e. The summed E-state index contributed by atoms with van der Waals surface area (Å²) in [6, 6.07) is 9.47. The molecule has 0 atom stereocenters. The second kappa shape index (κ2) is 6.91. The Morgan fingerprint density at radius 1 is 1.28 bits per heavy atom. The third kappa shape index (κ3) is 3.37. The van der Waals surface area contributed by atoms with Gasteiger partial charge in [0, 0.05) is 6.08 Å². The first kappa shape index (κ1) is 16.3. The quantitative estimate of drug-likeness (QED) is 0.326. The van der Waals surface area contributed by atoms with Crippen LogP contribution in [0.2, 0.25) is 0 Å². The summed E-state index contributed by atoms with van der Waals surface area (Å²) in [5.74, 6) is -2.40. The summed E-state index contributed by atoms with van der Waals surface area (Å²) in [4.78, 5) is 36.1. The van der Waals surface area contributed by atoms with E-state index < -0.39 is 17.5 Å². The normalized spacial score (nSPS) is 11.5. The van der Waals surface area contributed by atoms with Crippen molar-refractivity contribution in [2.45, 2.75) is 6.54 Å². The molecule has 8 nitrogen and oxygen atoms in total. The number of hydrogen-bond donors (Lipinski definition) is 1. The van der Waals surface area contributed by atoms with Crippen molar-refractivity contribution in [1.29, 1.82) is 0 Å². The molecule has 3 aromatic rings. The molecule has 0 radical (unpaired) electrons. The van der Waals surface area contributed by atoms with E-state index in [0.29, 0.717) is 17.7 Å². The van der Waals surface area contributed by atoms with Gasteiger partial charge in [0.05, 0.1) is 19.9 Å². The van der Waals surface area contributed by atoms with Crippen molar-refractivity contribution >= 4 is 22.9 Å². The zero-order valence-corrected chi connectivity index (χ0v) is 13.3. The summed E-state index contributed by atoms with van der Waals surface area (Å²) < 4.78 is 5.98. The van der Waals surface area contributed by atoms with Crippen LogP contribution in [0.1, 0.15) is 16.2 Å². The van der Waals surface area contributed by atoms with Crippen LogP contribution in [0.3, 0.4) is 0 Å². The Hall–Kier alpha value is -3.55. The van der Waals surface area contributed by atoms with E-state index in [1.807, 2.05) is 30.3 Å². The number of ether oxygens (including phenoxy) is 1.